The van der Waals surface area contributed by atoms with Gasteiger partial charge < -0.3 is 10.2 Å². The monoisotopic (exact) mass is 280 g/mol. The number of anilines is 1. The Morgan fingerprint density at radius 1 is 1.30 bits per heavy atom. The molecule has 0 radical (unpaired) electrons. The minimum Gasteiger partial charge on any atom is -0.357 e. The average molecular weight is 280 g/mol. The summed E-state index contributed by atoms with van der Waals surface area (Å²) in [6, 6.07) is 0. The minimum atomic E-state index is 0.710. The smallest absolute Gasteiger partial charge is 0.131 e. The molecule has 0 aliphatic carbocycles. The van der Waals surface area contributed by atoms with Gasteiger partial charge in [-0.25, -0.2) is 0 Å². The summed E-state index contributed by atoms with van der Waals surface area (Å²) in [7, 11) is 2.06. The molecule has 0 fully saturated rings. The Labute approximate surface area is 124 Å². The fourth-order valence-corrected chi connectivity index (χ4v) is 2.55. The predicted octanol–water partition coefficient (Wildman–Crippen LogP) is 3.10. The second-order valence-corrected chi connectivity index (χ2v) is 5.74. The zero-order chi connectivity index (χ0) is 15.1. The third-order valence-corrected chi connectivity index (χ3v) is 3.95. The van der Waals surface area contributed by atoms with Crippen LogP contribution in [-0.2, 0) is 13.6 Å². The van der Waals surface area contributed by atoms with Crippen LogP contribution >= 0.6 is 0 Å². The van der Waals surface area contributed by atoms with Gasteiger partial charge >= 0.3 is 0 Å². The molecule has 0 aliphatic heterocycles. The molecule has 0 saturated heterocycles. The molecule has 1 aromatic heterocycles. The summed E-state index contributed by atoms with van der Waals surface area (Å²) in [4.78, 5) is 2.47. The van der Waals surface area contributed by atoms with E-state index < -0.39 is 0 Å². The van der Waals surface area contributed by atoms with Crippen molar-refractivity contribution in [1.29, 1.82) is 0 Å². The molecule has 20 heavy (non-hydrogen) atoms. The van der Waals surface area contributed by atoms with E-state index in [4.69, 9.17) is 0 Å². The van der Waals surface area contributed by atoms with Crippen molar-refractivity contribution >= 4 is 5.82 Å². The minimum absolute atomic E-state index is 0.710. The van der Waals surface area contributed by atoms with E-state index in [9.17, 15) is 0 Å². The van der Waals surface area contributed by atoms with Crippen LogP contribution in [0.25, 0.3) is 0 Å². The molecular weight excluding hydrogens is 248 g/mol. The third kappa shape index (κ3) is 4.23. The van der Waals surface area contributed by atoms with Crippen molar-refractivity contribution in [2.45, 2.75) is 54.0 Å². The van der Waals surface area contributed by atoms with Crippen LogP contribution in [0.2, 0.25) is 0 Å². The molecule has 1 aromatic rings. The standard InChI is InChI=1S/C16H32N4/c1-7-10-17-11-15-14(5)18-19(6)16(15)20(9-3)12-13(4)8-2/h13,17H,7-12H2,1-6H3. The zero-order valence-corrected chi connectivity index (χ0v) is 14.2. The van der Waals surface area contributed by atoms with Crippen molar-refractivity contribution in [3.8, 4) is 0 Å². The Hall–Kier alpha value is -1.03. The average Bonchev–Trinajstić information content (AvgIpc) is 2.71. The SMILES string of the molecule is CCCNCc1c(C)nn(C)c1N(CC)CC(C)CC. The van der Waals surface area contributed by atoms with Crippen LogP contribution < -0.4 is 10.2 Å². The fourth-order valence-electron chi connectivity index (χ4n) is 2.55. The van der Waals surface area contributed by atoms with Gasteiger partial charge in [-0.3, -0.25) is 4.68 Å². The summed E-state index contributed by atoms with van der Waals surface area (Å²) < 4.78 is 2.05. The molecule has 1 unspecified atom stereocenters. The molecule has 0 amide bonds. The lowest BCUT2D eigenvalue weighted by molar-refractivity contribution is 0.537. The molecular formula is C16H32N4. The number of rotatable bonds is 9. The van der Waals surface area contributed by atoms with E-state index in [-0.39, 0.29) is 0 Å². The van der Waals surface area contributed by atoms with Gasteiger partial charge in [-0.15, -0.1) is 0 Å². The van der Waals surface area contributed by atoms with Gasteiger partial charge in [-0.2, -0.15) is 5.10 Å². The highest BCUT2D eigenvalue weighted by atomic mass is 15.4. The number of aromatic nitrogens is 2. The van der Waals surface area contributed by atoms with Crippen LogP contribution in [0.3, 0.4) is 0 Å². The van der Waals surface area contributed by atoms with Gasteiger partial charge in [-0.05, 0) is 32.7 Å². The van der Waals surface area contributed by atoms with Crippen molar-refractivity contribution in [2.75, 3.05) is 24.5 Å². The molecule has 0 aromatic carbocycles. The molecule has 0 bridgehead atoms. The van der Waals surface area contributed by atoms with Crippen LogP contribution in [0.1, 0.15) is 51.8 Å². The highest BCUT2D eigenvalue weighted by Gasteiger charge is 2.19. The highest BCUT2D eigenvalue weighted by molar-refractivity contribution is 5.50. The van der Waals surface area contributed by atoms with Gasteiger partial charge in [0.1, 0.15) is 5.82 Å². The topological polar surface area (TPSA) is 33.1 Å². The van der Waals surface area contributed by atoms with Gasteiger partial charge in [0.2, 0.25) is 0 Å². The molecule has 1 rings (SSSR count). The summed E-state index contributed by atoms with van der Waals surface area (Å²) in [6.07, 6.45) is 2.38. The van der Waals surface area contributed by atoms with Gasteiger partial charge in [0.15, 0.2) is 0 Å². The Kier molecular flexibility index (Phi) is 7.06. The molecule has 116 valence electrons. The Balaban J connectivity index is 2.94. The molecule has 0 spiro atoms. The number of hydrogen-bond acceptors (Lipinski definition) is 3. The molecule has 1 heterocycles. The summed E-state index contributed by atoms with van der Waals surface area (Å²) >= 11 is 0. The number of nitrogens with one attached hydrogen (secondary N) is 1. The first kappa shape index (κ1) is 17.0. The number of aryl methyl sites for hydroxylation is 2. The maximum atomic E-state index is 4.63. The van der Waals surface area contributed by atoms with E-state index in [1.54, 1.807) is 0 Å². The van der Waals surface area contributed by atoms with Gasteiger partial charge in [0, 0.05) is 32.2 Å². The van der Waals surface area contributed by atoms with E-state index in [1.165, 1.54) is 24.2 Å². The lowest BCUT2D eigenvalue weighted by Crippen LogP contribution is -2.31. The summed E-state index contributed by atoms with van der Waals surface area (Å²) in [5.74, 6) is 2.00. The Morgan fingerprint density at radius 3 is 2.55 bits per heavy atom. The Morgan fingerprint density at radius 2 is 2.00 bits per heavy atom. The zero-order valence-electron chi connectivity index (χ0n) is 14.2. The lowest BCUT2D eigenvalue weighted by atomic mass is 10.1. The first-order valence-electron chi connectivity index (χ1n) is 8.03. The largest absolute Gasteiger partial charge is 0.357 e. The molecule has 0 aliphatic rings. The lowest BCUT2D eigenvalue weighted by Gasteiger charge is -2.27. The van der Waals surface area contributed by atoms with E-state index >= 15 is 0 Å². The summed E-state index contributed by atoms with van der Waals surface area (Å²) in [5, 5.41) is 8.14. The number of nitrogens with zero attached hydrogens (tertiary/aromatic N) is 3. The summed E-state index contributed by atoms with van der Waals surface area (Å²) in [5.41, 5.74) is 2.50. The maximum absolute atomic E-state index is 4.63. The van der Waals surface area contributed by atoms with E-state index in [1.807, 2.05) is 4.68 Å². The molecule has 1 atom stereocenters. The second-order valence-electron chi connectivity index (χ2n) is 5.74. The van der Waals surface area contributed by atoms with Gasteiger partial charge in [0.25, 0.3) is 0 Å². The van der Waals surface area contributed by atoms with Crippen LogP contribution in [0.5, 0.6) is 0 Å². The normalized spacial score (nSPS) is 12.7. The van der Waals surface area contributed by atoms with Crippen LogP contribution in [0.4, 0.5) is 5.82 Å². The molecule has 4 nitrogen and oxygen atoms in total. The molecule has 0 saturated carbocycles. The maximum Gasteiger partial charge on any atom is 0.131 e. The Bertz CT molecular complexity index is 397. The predicted molar refractivity (Wildman–Crippen MR) is 87.3 cm³/mol. The van der Waals surface area contributed by atoms with E-state index in [0.29, 0.717) is 5.92 Å². The van der Waals surface area contributed by atoms with Gasteiger partial charge in [0.05, 0.1) is 5.69 Å². The van der Waals surface area contributed by atoms with Crippen LogP contribution in [-0.4, -0.2) is 29.4 Å². The van der Waals surface area contributed by atoms with Crippen molar-refractivity contribution in [1.82, 2.24) is 15.1 Å². The molecule has 1 N–H and O–H groups in total. The fraction of sp³-hybridized carbons (Fsp3) is 0.812. The first-order valence-corrected chi connectivity index (χ1v) is 8.03. The highest BCUT2D eigenvalue weighted by Crippen LogP contribution is 2.24. The van der Waals surface area contributed by atoms with Crippen molar-refractivity contribution in [2.24, 2.45) is 13.0 Å². The van der Waals surface area contributed by atoms with E-state index in [2.05, 4.69) is 57.0 Å². The van der Waals surface area contributed by atoms with E-state index in [0.717, 1.165) is 31.9 Å². The third-order valence-electron chi connectivity index (χ3n) is 3.95. The van der Waals surface area contributed by atoms with Crippen molar-refractivity contribution in [3.63, 3.8) is 0 Å². The van der Waals surface area contributed by atoms with Crippen molar-refractivity contribution < 1.29 is 0 Å². The molecule has 4 heteroatoms. The van der Waals surface area contributed by atoms with Gasteiger partial charge in [-0.1, -0.05) is 27.2 Å². The summed E-state index contributed by atoms with van der Waals surface area (Å²) in [6.45, 7) is 15.2. The first-order chi connectivity index (χ1) is 9.54. The van der Waals surface area contributed by atoms with Crippen LogP contribution in [0, 0.1) is 12.8 Å². The van der Waals surface area contributed by atoms with Crippen LogP contribution in [0.15, 0.2) is 0 Å². The second kappa shape index (κ2) is 8.30. The number of hydrogen-bond donors (Lipinski definition) is 1. The van der Waals surface area contributed by atoms with Crippen molar-refractivity contribution in [3.05, 3.63) is 11.3 Å². The quantitative estimate of drug-likeness (QED) is 0.706.